The maximum atomic E-state index is 13.2. The fourth-order valence-corrected chi connectivity index (χ4v) is 3.42. The Balaban J connectivity index is 2.41. The number of rotatable bonds is 7. The van der Waals surface area contributed by atoms with Crippen LogP contribution in [0.4, 0.5) is 0 Å². The Bertz CT molecular complexity index is 816. The van der Waals surface area contributed by atoms with E-state index < -0.39 is 47.3 Å². The topological polar surface area (TPSA) is 121 Å². The number of aliphatic hydroxyl groups is 3. The molecule has 1 radical (unpaired) electrons. The summed E-state index contributed by atoms with van der Waals surface area (Å²) in [5, 5.41) is 32.5. The van der Waals surface area contributed by atoms with Crippen molar-refractivity contribution in [3.63, 3.8) is 0 Å². The molecular formula is C22H27O7. The Kier molecular flexibility index (Phi) is 6.90. The van der Waals surface area contributed by atoms with Gasteiger partial charge < -0.3 is 20.1 Å². The van der Waals surface area contributed by atoms with Gasteiger partial charge in [-0.05, 0) is 19.4 Å². The number of hydrogen-bond acceptors (Lipinski definition) is 7. The molecule has 1 saturated heterocycles. The van der Waals surface area contributed by atoms with E-state index in [0.717, 1.165) is 6.61 Å². The molecule has 7 heteroatoms. The second-order valence-electron chi connectivity index (χ2n) is 7.49. The van der Waals surface area contributed by atoms with E-state index in [1.165, 1.54) is 26.8 Å². The first kappa shape index (κ1) is 23.1. The lowest BCUT2D eigenvalue weighted by molar-refractivity contribution is -0.234. The number of benzene rings is 1. The highest BCUT2D eigenvalue weighted by Gasteiger charge is 2.66. The fraction of sp³-hybridized carbons (Fsp3) is 0.455. The first-order valence-corrected chi connectivity index (χ1v) is 9.41. The third-order valence-electron chi connectivity index (χ3n) is 5.76. The summed E-state index contributed by atoms with van der Waals surface area (Å²) >= 11 is 0. The molecule has 5 atom stereocenters. The Labute approximate surface area is 170 Å². The molecule has 157 valence electrons. The summed E-state index contributed by atoms with van der Waals surface area (Å²) in [6.07, 6.45) is -0.529. The second kappa shape index (κ2) is 8.67. The molecule has 3 N–H and O–H groups in total. The van der Waals surface area contributed by atoms with Crippen molar-refractivity contribution in [2.75, 3.05) is 6.61 Å². The zero-order valence-corrected chi connectivity index (χ0v) is 17.0. The van der Waals surface area contributed by atoms with E-state index in [0.29, 0.717) is 5.56 Å². The molecule has 1 aromatic carbocycles. The van der Waals surface area contributed by atoms with Crippen molar-refractivity contribution in [1.82, 2.24) is 0 Å². The molecule has 2 rings (SSSR count). The molecule has 1 aromatic rings. The summed E-state index contributed by atoms with van der Waals surface area (Å²) < 4.78 is 4.99. The van der Waals surface area contributed by atoms with Gasteiger partial charge in [0.1, 0.15) is 12.7 Å². The zero-order valence-electron chi connectivity index (χ0n) is 17.0. The van der Waals surface area contributed by atoms with Crippen LogP contribution < -0.4 is 0 Å². The molecule has 2 unspecified atom stereocenters. The average Bonchev–Trinajstić information content (AvgIpc) is 2.74. The van der Waals surface area contributed by atoms with E-state index in [2.05, 4.69) is 0 Å². The lowest BCUT2D eigenvalue weighted by Crippen LogP contribution is -2.74. The maximum Gasteiger partial charge on any atom is 0.196 e. The largest absolute Gasteiger partial charge is 0.387 e. The van der Waals surface area contributed by atoms with Crippen molar-refractivity contribution in [3.05, 3.63) is 54.2 Å². The lowest BCUT2D eigenvalue weighted by atomic mass is 9.66. The van der Waals surface area contributed by atoms with E-state index in [9.17, 15) is 29.7 Å². The summed E-state index contributed by atoms with van der Waals surface area (Å²) in [7, 11) is 0. The normalized spacial score (nSPS) is 29.8. The van der Waals surface area contributed by atoms with Crippen LogP contribution in [0, 0.1) is 18.4 Å². The number of carbonyl (C=O) groups excluding carboxylic acids is 3. The fourth-order valence-electron chi connectivity index (χ4n) is 3.42. The van der Waals surface area contributed by atoms with E-state index in [-0.39, 0.29) is 11.4 Å². The minimum absolute atomic E-state index is 0.0640. The second-order valence-corrected chi connectivity index (χ2v) is 7.49. The van der Waals surface area contributed by atoms with Crippen LogP contribution in [0.15, 0.2) is 42.0 Å². The third-order valence-corrected chi connectivity index (χ3v) is 5.76. The summed E-state index contributed by atoms with van der Waals surface area (Å²) in [5.74, 6) is -4.18. The molecule has 0 aromatic heterocycles. The van der Waals surface area contributed by atoms with Gasteiger partial charge in [-0.3, -0.25) is 14.4 Å². The Morgan fingerprint density at radius 3 is 2.28 bits per heavy atom. The van der Waals surface area contributed by atoms with Gasteiger partial charge in [0.15, 0.2) is 28.6 Å². The van der Waals surface area contributed by atoms with Crippen LogP contribution >= 0.6 is 0 Å². The lowest BCUT2D eigenvalue weighted by Gasteiger charge is -2.47. The van der Waals surface area contributed by atoms with E-state index in [1.807, 2.05) is 0 Å². The highest BCUT2D eigenvalue weighted by molar-refractivity contribution is 6.09. The predicted molar refractivity (Wildman–Crippen MR) is 105 cm³/mol. The van der Waals surface area contributed by atoms with Gasteiger partial charge in [0.2, 0.25) is 0 Å². The first-order chi connectivity index (χ1) is 13.5. The van der Waals surface area contributed by atoms with E-state index >= 15 is 0 Å². The van der Waals surface area contributed by atoms with Gasteiger partial charge >= 0.3 is 0 Å². The summed E-state index contributed by atoms with van der Waals surface area (Å²) in [5.41, 5.74) is -5.10. The molecule has 0 spiro atoms. The quantitative estimate of drug-likeness (QED) is 0.463. The smallest absolute Gasteiger partial charge is 0.196 e. The summed E-state index contributed by atoms with van der Waals surface area (Å²) in [4.78, 5) is 38.8. The van der Waals surface area contributed by atoms with Crippen LogP contribution in [-0.4, -0.2) is 56.6 Å². The van der Waals surface area contributed by atoms with Crippen LogP contribution in [0.1, 0.15) is 38.1 Å². The molecule has 1 fully saturated rings. The van der Waals surface area contributed by atoms with Crippen LogP contribution in [0.3, 0.4) is 0 Å². The van der Waals surface area contributed by atoms with Gasteiger partial charge in [-0.2, -0.15) is 0 Å². The molecule has 0 aliphatic carbocycles. The van der Waals surface area contributed by atoms with Gasteiger partial charge in [0.05, 0.1) is 6.61 Å². The predicted octanol–water partition coefficient (Wildman–Crippen LogP) is 1.26. The minimum atomic E-state index is -2.83. The van der Waals surface area contributed by atoms with Crippen LogP contribution in [-0.2, 0) is 14.3 Å². The molecule has 1 aliphatic rings. The molecular weight excluding hydrogens is 376 g/mol. The van der Waals surface area contributed by atoms with Crippen LogP contribution in [0.5, 0.6) is 0 Å². The number of hydrogen-bond donors (Lipinski definition) is 3. The standard InChI is InChI=1S/C22H27O7/c1-5-13(2)19(25)22(28)17(23)11-29-12-21(22,27)20(26)15(4)14(3)18(24)16-9-7-6-8-10-16/h5-11,14-15,17,23,27-28H,12H2,1-4H3/b13-5+/t14?,15?,17-,21+,22-/m0/s1. The number of ketones is 3. The Morgan fingerprint density at radius 1 is 1.14 bits per heavy atom. The number of carbonyl (C=O) groups is 3. The van der Waals surface area contributed by atoms with Crippen molar-refractivity contribution >= 4 is 17.3 Å². The Hall–Kier alpha value is -2.19. The molecule has 0 amide bonds. The van der Waals surface area contributed by atoms with Crippen LogP contribution in [0.2, 0.25) is 0 Å². The first-order valence-electron chi connectivity index (χ1n) is 9.41. The highest BCUT2D eigenvalue weighted by atomic mass is 16.5. The van der Waals surface area contributed by atoms with Crippen molar-refractivity contribution in [3.8, 4) is 0 Å². The minimum Gasteiger partial charge on any atom is -0.387 e. The van der Waals surface area contributed by atoms with Gasteiger partial charge in [0.25, 0.3) is 0 Å². The third kappa shape index (κ3) is 3.83. The monoisotopic (exact) mass is 403 g/mol. The van der Waals surface area contributed by atoms with Gasteiger partial charge in [-0.25, -0.2) is 0 Å². The Morgan fingerprint density at radius 2 is 1.72 bits per heavy atom. The van der Waals surface area contributed by atoms with Crippen molar-refractivity contribution < 1.29 is 34.4 Å². The number of allylic oxidation sites excluding steroid dienone is 1. The number of Topliss-reactive ketones (excluding diaryl/α,β-unsaturated/α-hetero) is 3. The molecule has 1 aliphatic heterocycles. The van der Waals surface area contributed by atoms with Gasteiger partial charge in [-0.1, -0.05) is 50.3 Å². The summed E-state index contributed by atoms with van der Waals surface area (Å²) in [6.45, 7) is 6.01. The molecule has 0 saturated carbocycles. The molecule has 7 nitrogen and oxygen atoms in total. The summed E-state index contributed by atoms with van der Waals surface area (Å²) in [6, 6.07) is 8.37. The van der Waals surface area contributed by atoms with E-state index in [1.54, 1.807) is 37.3 Å². The van der Waals surface area contributed by atoms with Crippen LogP contribution in [0.25, 0.3) is 0 Å². The average molecular weight is 403 g/mol. The van der Waals surface area contributed by atoms with Gasteiger partial charge in [0, 0.05) is 17.4 Å². The van der Waals surface area contributed by atoms with Crippen molar-refractivity contribution in [2.45, 2.75) is 45.0 Å². The highest BCUT2D eigenvalue weighted by Crippen LogP contribution is 2.39. The van der Waals surface area contributed by atoms with Crippen molar-refractivity contribution in [1.29, 1.82) is 0 Å². The molecule has 1 heterocycles. The van der Waals surface area contributed by atoms with Gasteiger partial charge in [-0.15, -0.1) is 0 Å². The van der Waals surface area contributed by atoms with Crippen molar-refractivity contribution in [2.24, 2.45) is 11.8 Å². The zero-order chi connectivity index (χ0) is 22.0. The maximum absolute atomic E-state index is 13.2. The molecule has 0 bridgehead atoms. The number of aliphatic hydroxyl groups excluding tert-OH is 1. The number of ether oxygens (including phenoxy) is 1. The SMILES string of the molecule is C/C=C(\C)C(=O)[C@@]1(O)[C@@H](O)[CH]OC[C@@]1(O)C(=O)C(C)C(C)C(=O)c1ccccc1. The van der Waals surface area contributed by atoms with E-state index in [4.69, 9.17) is 4.74 Å². The molecule has 29 heavy (non-hydrogen) atoms.